The molecule has 0 saturated heterocycles. The number of hydrogen-bond donors (Lipinski definition) is 0. The summed E-state index contributed by atoms with van der Waals surface area (Å²) >= 11 is 0. The lowest BCUT2D eigenvalue weighted by molar-refractivity contribution is 0.0153. The van der Waals surface area contributed by atoms with E-state index in [1.807, 2.05) is 82.3 Å². The molecule has 2 rings (SSSR count). The van der Waals surface area contributed by atoms with Gasteiger partial charge in [0, 0.05) is 6.52 Å². The predicted molar refractivity (Wildman–Crippen MR) is 99.6 cm³/mol. The van der Waals surface area contributed by atoms with Crippen molar-refractivity contribution >= 4 is 6.09 Å². The third-order valence-corrected chi connectivity index (χ3v) is 3.71. The molecular formula is C21H27NO3. The molecule has 2 atom stereocenters. The fourth-order valence-corrected chi connectivity index (χ4v) is 2.38. The highest BCUT2D eigenvalue weighted by Crippen LogP contribution is 2.26. The van der Waals surface area contributed by atoms with Gasteiger partial charge in [0.05, 0.1) is 14.5 Å². The normalized spacial score (nSPS) is 14.2. The van der Waals surface area contributed by atoms with Gasteiger partial charge in [0.1, 0.15) is 11.4 Å². The number of benzene rings is 2. The fourth-order valence-electron chi connectivity index (χ4n) is 2.38. The van der Waals surface area contributed by atoms with Crippen molar-refractivity contribution in [2.75, 3.05) is 7.11 Å². The van der Waals surface area contributed by atoms with Crippen molar-refractivity contribution in [1.29, 1.82) is 0 Å². The van der Waals surface area contributed by atoms with Crippen LogP contribution in [0.4, 0.5) is 4.79 Å². The minimum atomic E-state index is -0.872. The van der Waals surface area contributed by atoms with Crippen molar-refractivity contribution in [3.8, 4) is 5.75 Å². The molecule has 4 nitrogen and oxygen atoms in total. The van der Waals surface area contributed by atoms with Gasteiger partial charge in [0.2, 0.25) is 0 Å². The Hall–Kier alpha value is -2.49. The van der Waals surface area contributed by atoms with E-state index in [1.54, 1.807) is 7.11 Å². The Labute approximate surface area is 151 Å². The first-order valence-corrected chi connectivity index (χ1v) is 8.35. The van der Waals surface area contributed by atoms with E-state index in [9.17, 15) is 4.79 Å². The van der Waals surface area contributed by atoms with Gasteiger partial charge in [-0.2, -0.15) is 0 Å². The first-order valence-electron chi connectivity index (χ1n) is 8.93. The van der Waals surface area contributed by atoms with Crippen LogP contribution in [0.3, 0.4) is 0 Å². The molecule has 0 fully saturated rings. The molecule has 0 spiro atoms. The van der Waals surface area contributed by atoms with Crippen molar-refractivity contribution in [1.82, 2.24) is 4.90 Å². The Morgan fingerprint density at radius 2 is 1.72 bits per heavy atom. The first-order chi connectivity index (χ1) is 12.2. The zero-order valence-corrected chi connectivity index (χ0v) is 15.5. The zero-order valence-electron chi connectivity index (χ0n) is 16.5. The summed E-state index contributed by atoms with van der Waals surface area (Å²) in [5.41, 5.74) is 1.01. The summed E-state index contributed by atoms with van der Waals surface area (Å²) in [6.45, 7) is 6.49. The maximum Gasteiger partial charge on any atom is 0.411 e. The molecule has 134 valence electrons. The topological polar surface area (TPSA) is 38.8 Å². The summed E-state index contributed by atoms with van der Waals surface area (Å²) in [7, 11) is 1.61. The van der Waals surface area contributed by atoms with E-state index < -0.39 is 18.2 Å². The molecule has 4 heteroatoms. The number of carbonyl (C=O) groups excluding carboxylic acids is 1. The molecule has 25 heavy (non-hydrogen) atoms. The minimum Gasteiger partial charge on any atom is -0.497 e. The standard InChI is InChI=1S/C21H27NO3/c1-16(18-11-13-19(24-5)14-12-18)22(20(23)25-21(2,3)4)15-17-9-7-6-8-10-17/h6-14,16H,15H2,1-5H3/t16-/m0/s1/i15D/t15-,16+/m1. The van der Waals surface area contributed by atoms with Crippen molar-refractivity contribution in [3.63, 3.8) is 0 Å². The van der Waals surface area contributed by atoms with Gasteiger partial charge in [-0.3, -0.25) is 4.90 Å². The van der Waals surface area contributed by atoms with E-state index in [1.165, 1.54) is 4.90 Å². The Morgan fingerprint density at radius 3 is 2.24 bits per heavy atom. The smallest absolute Gasteiger partial charge is 0.411 e. The monoisotopic (exact) mass is 342 g/mol. The number of carbonyl (C=O) groups is 1. The highest BCUT2D eigenvalue weighted by Gasteiger charge is 2.27. The minimum absolute atomic E-state index is 0.335. The molecular weight excluding hydrogens is 314 g/mol. The molecule has 0 aromatic heterocycles. The van der Waals surface area contributed by atoms with Crippen LogP contribution in [-0.2, 0) is 11.3 Å². The van der Waals surface area contributed by atoms with Crippen LogP contribution in [0.1, 0.15) is 46.2 Å². The maximum absolute atomic E-state index is 12.9. The summed E-state index contributed by atoms with van der Waals surface area (Å²) in [5, 5.41) is 0. The van der Waals surface area contributed by atoms with E-state index in [2.05, 4.69) is 0 Å². The summed E-state index contributed by atoms with van der Waals surface area (Å²) in [4.78, 5) is 14.3. The predicted octanol–water partition coefficient (Wildman–Crippen LogP) is 5.19. The number of amides is 1. The molecule has 0 aliphatic heterocycles. The fraction of sp³-hybridized carbons (Fsp3) is 0.381. The number of hydrogen-bond acceptors (Lipinski definition) is 3. The van der Waals surface area contributed by atoms with Gasteiger partial charge in [0.25, 0.3) is 0 Å². The number of rotatable bonds is 5. The molecule has 0 heterocycles. The average Bonchev–Trinajstić information content (AvgIpc) is 2.61. The van der Waals surface area contributed by atoms with Crippen LogP contribution >= 0.6 is 0 Å². The third kappa shape index (κ3) is 5.52. The van der Waals surface area contributed by atoms with E-state index in [4.69, 9.17) is 10.8 Å². The van der Waals surface area contributed by atoms with Crippen LogP contribution in [-0.4, -0.2) is 23.7 Å². The van der Waals surface area contributed by atoms with Gasteiger partial charge in [-0.05, 0) is 51.0 Å². The molecule has 0 bridgehead atoms. The highest BCUT2D eigenvalue weighted by molar-refractivity contribution is 5.69. The number of methoxy groups -OCH3 is 1. The molecule has 0 aliphatic carbocycles. The van der Waals surface area contributed by atoms with Gasteiger partial charge in [-0.25, -0.2) is 4.79 Å². The Bertz CT molecular complexity index is 710. The molecule has 0 N–H and O–H groups in total. The van der Waals surface area contributed by atoms with E-state index in [-0.39, 0.29) is 6.04 Å². The lowest BCUT2D eigenvalue weighted by Crippen LogP contribution is -2.38. The summed E-state index contributed by atoms with van der Waals surface area (Å²) in [5.74, 6) is 0.746. The van der Waals surface area contributed by atoms with Crippen molar-refractivity contribution in [3.05, 3.63) is 65.7 Å². The second-order valence-corrected chi connectivity index (χ2v) is 6.88. The SMILES string of the molecule is [2H][C@H](c1ccccc1)N(C(=O)OC(C)(C)C)[C@@H](C)c1ccc(OC)cc1. The van der Waals surface area contributed by atoms with Gasteiger partial charge >= 0.3 is 6.09 Å². The molecule has 2 aromatic rings. The maximum atomic E-state index is 12.9. The van der Waals surface area contributed by atoms with E-state index >= 15 is 0 Å². The molecule has 2 aromatic carbocycles. The molecule has 0 aliphatic rings. The van der Waals surface area contributed by atoms with Gasteiger partial charge in [0.15, 0.2) is 0 Å². The quantitative estimate of drug-likeness (QED) is 0.750. The molecule has 0 saturated carbocycles. The number of nitrogens with zero attached hydrogens (tertiary/aromatic N) is 1. The van der Waals surface area contributed by atoms with Crippen LogP contribution in [0.15, 0.2) is 54.6 Å². The largest absolute Gasteiger partial charge is 0.497 e. The number of ether oxygens (including phenoxy) is 2. The van der Waals surface area contributed by atoms with Crippen molar-refractivity contribution in [2.24, 2.45) is 0 Å². The van der Waals surface area contributed by atoms with Crippen LogP contribution in [0.25, 0.3) is 0 Å². The van der Waals surface area contributed by atoms with E-state index in [0.29, 0.717) is 0 Å². The van der Waals surface area contributed by atoms with Crippen molar-refractivity contribution in [2.45, 2.75) is 45.9 Å². The van der Waals surface area contributed by atoms with E-state index in [0.717, 1.165) is 16.9 Å². The second-order valence-electron chi connectivity index (χ2n) is 6.88. The first kappa shape index (κ1) is 17.3. The Balaban J connectivity index is 2.36. The molecule has 0 radical (unpaired) electrons. The van der Waals surface area contributed by atoms with Gasteiger partial charge < -0.3 is 9.47 Å². The summed E-state index contributed by atoms with van der Waals surface area (Å²) in [6.07, 6.45) is -0.510. The summed E-state index contributed by atoms with van der Waals surface area (Å²) < 4.78 is 19.4. The Kier molecular flexibility index (Phi) is 5.59. The lowest BCUT2D eigenvalue weighted by atomic mass is 10.1. The van der Waals surface area contributed by atoms with Gasteiger partial charge in [-0.15, -0.1) is 0 Å². The second kappa shape index (κ2) is 8.06. The Morgan fingerprint density at radius 1 is 1.12 bits per heavy atom. The summed E-state index contributed by atoms with van der Waals surface area (Å²) in [6, 6.07) is 16.5. The average molecular weight is 342 g/mol. The van der Waals surface area contributed by atoms with Crippen LogP contribution < -0.4 is 4.74 Å². The lowest BCUT2D eigenvalue weighted by Gasteiger charge is -2.32. The van der Waals surface area contributed by atoms with Crippen molar-refractivity contribution < 1.29 is 15.6 Å². The van der Waals surface area contributed by atoms with Crippen LogP contribution in [0, 0.1) is 0 Å². The molecule has 0 unspecified atom stereocenters. The van der Waals surface area contributed by atoms with Crippen LogP contribution in [0.2, 0.25) is 0 Å². The van der Waals surface area contributed by atoms with Gasteiger partial charge in [-0.1, -0.05) is 42.5 Å². The van der Waals surface area contributed by atoms with Crippen LogP contribution in [0.5, 0.6) is 5.75 Å². The zero-order chi connectivity index (χ0) is 19.3. The molecule has 1 amide bonds. The highest BCUT2D eigenvalue weighted by atomic mass is 16.6. The third-order valence-electron chi connectivity index (χ3n) is 3.71.